The molecule has 1 unspecified atom stereocenters. The molecule has 12 heavy (non-hydrogen) atoms. The van der Waals surface area contributed by atoms with Crippen LogP contribution in [0, 0.1) is 0 Å². The van der Waals surface area contributed by atoms with Gasteiger partial charge in [0.25, 0.3) is 10.1 Å². The first-order chi connectivity index (χ1) is 5.55. The second-order valence-electron chi connectivity index (χ2n) is 2.19. The molecule has 1 aromatic heterocycles. The monoisotopic (exact) mass is 188 g/mol. The molecular weight excluding hydrogens is 180 g/mol. The molecule has 0 aromatic carbocycles. The molecule has 0 radical (unpaired) electrons. The van der Waals surface area contributed by atoms with Crippen molar-refractivity contribution < 1.29 is 17.4 Å². The van der Waals surface area contributed by atoms with E-state index in [4.69, 9.17) is 8.97 Å². The lowest BCUT2D eigenvalue weighted by molar-refractivity contribution is 0.456. The third-order valence-electron chi connectivity index (χ3n) is 1.36. The van der Waals surface area contributed by atoms with Crippen molar-refractivity contribution in [3.8, 4) is 0 Å². The molecule has 0 spiro atoms. The van der Waals surface area contributed by atoms with Crippen LogP contribution in [0.3, 0.4) is 0 Å². The van der Waals surface area contributed by atoms with E-state index in [1.54, 1.807) is 0 Å². The van der Waals surface area contributed by atoms with Gasteiger partial charge in [-0.15, -0.1) is 6.58 Å². The van der Waals surface area contributed by atoms with Gasteiger partial charge >= 0.3 is 0 Å². The molecule has 1 aromatic rings. The summed E-state index contributed by atoms with van der Waals surface area (Å²) in [6, 6.07) is 3.00. The van der Waals surface area contributed by atoms with Crippen molar-refractivity contribution >= 4 is 10.1 Å². The highest BCUT2D eigenvalue weighted by molar-refractivity contribution is 7.86. The van der Waals surface area contributed by atoms with Gasteiger partial charge < -0.3 is 4.42 Å². The molecule has 0 amide bonds. The standard InChI is InChI=1S/C7H8O4S/c1-2-7(12(8,9)10)6-4-3-5-11-6/h2-5,7H,1H2,(H,8,9,10). The van der Waals surface area contributed by atoms with Crippen molar-refractivity contribution in [3.63, 3.8) is 0 Å². The van der Waals surface area contributed by atoms with Gasteiger partial charge in [-0.2, -0.15) is 8.42 Å². The fourth-order valence-corrected chi connectivity index (χ4v) is 1.51. The Kier molecular flexibility index (Phi) is 2.35. The van der Waals surface area contributed by atoms with Crippen molar-refractivity contribution in [2.24, 2.45) is 0 Å². The summed E-state index contributed by atoms with van der Waals surface area (Å²) in [5.41, 5.74) is 0. The van der Waals surface area contributed by atoms with Gasteiger partial charge in [0.1, 0.15) is 5.76 Å². The summed E-state index contributed by atoms with van der Waals surface area (Å²) in [5.74, 6) is 0.160. The quantitative estimate of drug-likeness (QED) is 0.575. The van der Waals surface area contributed by atoms with Crippen molar-refractivity contribution in [1.82, 2.24) is 0 Å². The number of rotatable bonds is 3. The van der Waals surface area contributed by atoms with Crippen LogP contribution in [-0.2, 0) is 10.1 Å². The van der Waals surface area contributed by atoms with Gasteiger partial charge in [0, 0.05) is 0 Å². The highest BCUT2D eigenvalue weighted by atomic mass is 32.2. The van der Waals surface area contributed by atoms with Crippen LogP contribution in [0.25, 0.3) is 0 Å². The molecule has 0 fully saturated rings. The predicted molar refractivity (Wildman–Crippen MR) is 43.2 cm³/mol. The lowest BCUT2D eigenvalue weighted by Gasteiger charge is -2.03. The number of hydrogen-bond acceptors (Lipinski definition) is 3. The molecule has 1 N–H and O–H groups in total. The molecule has 1 heterocycles. The van der Waals surface area contributed by atoms with E-state index in [1.165, 1.54) is 18.4 Å². The van der Waals surface area contributed by atoms with Crippen LogP contribution >= 0.6 is 0 Å². The molecule has 1 atom stereocenters. The van der Waals surface area contributed by atoms with Gasteiger partial charge in [-0.1, -0.05) is 6.08 Å². The van der Waals surface area contributed by atoms with E-state index in [0.717, 1.165) is 6.08 Å². The molecule has 0 saturated heterocycles. The maximum absolute atomic E-state index is 10.7. The molecule has 5 heteroatoms. The Morgan fingerprint density at radius 1 is 1.67 bits per heavy atom. The minimum Gasteiger partial charge on any atom is -0.468 e. The van der Waals surface area contributed by atoms with Crippen molar-refractivity contribution in [2.75, 3.05) is 0 Å². The van der Waals surface area contributed by atoms with E-state index < -0.39 is 15.4 Å². The topological polar surface area (TPSA) is 67.5 Å². The summed E-state index contributed by atoms with van der Waals surface area (Å²) < 4.78 is 34.9. The van der Waals surface area contributed by atoms with E-state index in [2.05, 4.69) is 6.58 Å². The van der Waals surface area contributed by atoms with Crippen molar-refractivity contribution in [2.45, 2.75) is 5.25 Å². The number of furan rings is 1. The first kappa shape index (κ1) is 9.02. The van der Waals surface area contributed by atoms with Crippen LogP contribution in [0.2, 0.25) is 0 Å². The largest absolute Gasteiger partial charge is 0.468 e. The van der Waals surface area contributed by atoms with E-state index in [9.17, 15) is 8.42 Å². The molecule has 4 nitrogen and oxygen atoms in total. The zero-order valence-electron chi connectivity index (χ0n) is 6.17. The smallest absolute Gasteiger partial charge is 0.278 e. The summed E-state index contributed by atoms with van der Waals surface area (Å²) in [6.45, 7) is 3.28. The van der Waals surface area contributed by atoms with Crippen molar-refractivity contribution in [1.29, 1.82) is 0 Å². The van der Waals surface area contributed by atoms with Gasteiger partial charge in [-0.05, 0) is 12.1 Å². The Labute approximate surface area is 70.3 Å². The zero-order valence-corrected chi connectivity index (χ0v) is 6.99. The first-order valence-corrected chi connectivity index (χ1v) is 4.68. The summed E-state index contributed by atoms with van der Waals surface area (Å²) in [4.78, 5) is 0. The highest BCUT2D eigenvalue weighted by Crippen LogP contribution is 2.22. The van der Waals surface area contributed by atoms with Gasteiger partial charge in [-0.25, -0.2) is 0 Å². The van der Waals surface area contributed by atoms with Gasteiger partial charge in [-0.3, -0.25) is 4.55 Å². The molecule has 0 aliphatic rings. The maximum Gasteiger partial charge on any atom is 0.278 e. The summed E-state index contributed by atoms with van der Waals surface area (Å²) in [5, 5.41) is -1.17. The van der Waals surface area contributed by atoms with Crippen LogP contribution in [0.4, 0.5) is 0 Å². The normalized spacial score (nSPS) is 14.1. The maximum atomic E-state index is 10.7. The van der Waals surface area contributed by atoms with Crippen LogP contribution in [0.15, 0.2) is 35.5 Å². The lowest BCUT2D eigenvalue weighted by Crippen LogP contribution is -2.08. The number of hydrogen-bond donors (Lipinski definition) is 1. The third-order valence-corrected chi connectivity index (χ3v) is 2.43. The Morgan fingerprint density at radius 3 is 2.67 bits per heavy atom. The van der Waals surface area contributed by atoms with E-state index in [1.807, 2.05) is 0 Å². The SMILES string of the molecule is C=CC(c1ccco1)S(=O)(=O)O. The molecule has 0 aliphatic carbocycles. The van der Waals surface area contributed by atoms with Gasteiger partial charge in [0.15, 0.2) is 5.25 Å². The fourth-order valence-electron chi connectivity index (χ4n) is 0.838. The highest BCUT2D eigenvalue weighted by Gasteiger charge is 2.23. The molecule has 1 rings (SSSR count). The summed E-state index contributed by atoms with van der Waals surface area (Å²) in [6.07, 6.45) is 2.44. The van der Waals surface area contributed by atoms with Crippen LogP contribution < -0.4 is 0 Å². The van der Waals surface area contributed by atoms with Gasteiger partial charge in [0.05, 0.1) is 6.26 Å². The zero-order chi connectivity index (χ0) is 9.19. The Hall–Kier alpha value is -1.07. The Morgan fingerprint density at radius 2 is 2.33 bits per heavy atom. The fraction of sp³-hybridized carbons (Fsp3) is 0.143. The minimum atomic E-state index is -4.15. The van der Waals surface area contributed by atoms with Crippen LogP contribution in [0.5, 0.6) is 0 Å². The molecule has 0 bridgehead atoms. The molecular formula is C7H8O4S. The summed E-state index contributed by atoms with van der Waals surface area (Å²) >= 11 is 0. The van der Waals surface area contributed by atoms with Crippen molar-refractivity contribution in [3.05, 3.63) is 36.8 Å². The van der Waals surface area contributed by atoms with E-state index in [0.29, 0.717) is 0 Å². The van der Waals surface area contributed by atoms with Crippen LogP contribution in [-0.4, -0.2) is 13.0 Å². The summed E-state index contributed by atoms with van der Waals surface area (Å²) in [7, 11) is -4.15. The third kappa shape index (κ3) is 1.75. The Bertz CT molecular complexity index is 349. The minimum absolute atomic E-state index is 0.160. The molecule has 0 aliphatic heterocycles. The van der Waals surface area contributed by atoms with E-state index >= 15 is 0 Å². The average molecular weight is 188 g/mol. The second kappa shape index (κ2) is 3.12. The molecule has 0 saturated carbocycles. The predicted octanol–water partition coefficient (Wildman–Crippen LogP) is 1.39. The van der Waals surface area contributed by atoms with Crippen LogP contribution in [0.1, 0.15) is 11.0 Å². The van der Waals surface area contributed by atoms with Gasteiger partial charge in [0.2, 0.25) is 0 Å². The average Bonchev–Trinajstić information content (AvgIpc) is 2.38. The lowest BCUT2D eigenvalue weighted by atomic mass is 10.3. The van der Waals surface area contributed by atoms with E-state index in [-0.39, 0.29) is 5.76 Å². The molecule has 66 valence electrons. The second-order valence-corrected chi connectivity index (χ2v) is 3.72. The first-order valence-electron chi connectivity index (χ1n) is 3.18. The Balaban J connectivity index is 3.08.